The highest BCUT2D eigenvalue weighted by Crippen LogP contribution is 2.19. The minimum atomic E-state index is -0.531. The molecule has 1 aliphatic rings. The number of carbonyl (C=O) groups is 3. The van der Waals surface area contributed by atoms with Gasteiger partial charge in [-0.3, -0.25) is 4.79 Å². The van der Waals surface area contributed by atoms with E-state index in [0.717, 1.165) is 31.2 Å². The number of benzene rings is 2. The Bertz CT molecular complexity index is 1170. The average molecular weight is 450 g/mol. The molecule has 3 N–H and O–H groups in total. The number of para-hydroxylation sites is 1. The zero-order valence-electron chi connectivity index (χ0n) is 18.3. The zero-order chi connectivity index (χ0) is 23.2. The van der Waals surface area contributed by atoms with Crippen molar-refractivity contribution in [3.63, 3.8) is 0 Å². The van der Waals surface area contributed by atoms with Crippen LogP contribution in [0.1, 0.15) is 46.4 Å². The summed E-state index contributed by atoms with van der Waals surface area (Å²) in [6.45, 7) is 0.671. The maximum absolute atomic E-state index is 12.5. The zero-order valence-corrected chi connectivity index (χ0v) is 18.3. The monoisotopic (exact) mass is 450 g/mol. The van der Waals surface area contributed by atoms with Crippen LogP contribution in [0.5, 0.6) is 0 Å². The van der Waals surface area contributed by atoms with Gasteiger partial charge in [0, 0.05) is 18.2 Å². The van der Waals surface area contributed by atoms with Crippen LogP contribution in [0, 0.1) is 0 Å². The molecule has 172 valence electrons. The Kier molecular flexibility index (Phi) is 6.82. The second-order valence-electron chi connectivity index (χ2n) is 7.89. The van der Waals surface area contributed by atoms with Crippen LogP contribution in [0.4, 0.5) is 10.5 Å². The lowest BCUT2D eigenvalue weighted by atomic mass is 10.1. The number of fused-ring (bicyclic) bond motifs is 1. The first-order chi connectivity index (χ1) is 16.0. The second-order valence-corrected chi connectivity index (χ2v) is 7.89. The largest absolute Gasteiger partial charge is 0.465 e. The van der Waals surface area contributed by atoms with Gasteiger partial charge in [-0.25, -0.2) is 14.3 Å². The van der Waals surface area contributed by atoms with Gasteiger partial charge in [0.2, 0.25) is 0 Å². The van der Waals surface area contributed by atoms with Gasteiger partial charge in [0.05, 0.1) is 30.4 Å². The quantitative estimate of drug-likeness (QED) is 0.475. The van der Waals surface area contributed by atoms with Crippen LogP contribution >= 0.6 is 0 Å². The fourth-order valence-corrected chi connectivity index (χ4v) is 3.94. The summed E-state index contributed by atoms with van der Waals surface area (Å²) in [5, 5.41) is 16.7. The van der Waals surface area contributed by atoms with E-state index in [4.69, 9.17) is 4.74 Å². The third kappa shape index (κ3) is 5.28. The molecule has 1 aromatic heterocycles. The number of nitrogens with zero attached hydrogens (tertiary/aromatic N) is 3. The van der Waals surface area contributed by atoms with Crippen molar-refractivity contribution in [1.82, 2.24) is 25.6 Å². The third-order valence-corrected chi connectivity index (χ3v) is 5.66. The molecule has 1 saturated carbocycles. The number of hydrogen-bond donors (Lipinski definition) is 3. The number of anilines is 1. The Hall–Kier alpha value is -3.95. The molecule has 10 heteroatoms. The van der Waals surface area contributed by atoms with Crippen LogP contribution in [0.3, 0.4) is 0 Å². The average Bonchev–Trinajstić information content (AvgIpc) is 3.48. The molecule has 0 spiro atoms. The Morgan fingerprint density at radius 1 is 1.12 bits per heavy atom. The number of methoxy groups -OCH3 is 1. The molecule has 0 saturated heterocycles. The van der Waals surface area contributed by atoms with E-state index >= 15 is 0 Å². The summed E-state index contributed by atoms with van der Waals surface area (Å²) in [5.74, 6) is -0.625. The van der Waals surface area contributed by atoms with Crippen LogP contribution < -0.4 is 16.0 Å². The van der Waals surface area contributed by atoms with Gasteiger partial charge in [-0.05, 0) is 43.2 Å². The summed E-state index contributed by atoms with van der Waals surface area (Å²) in [4.78, 5) is 36.6. The lowest BCUT2D eigenvalue weighted by Gasteiger charge is -2.12. The molecule has 1 heterocycles. The minimum absolute atomic E-state index is 0.0936. The Balaban J connectivity index is 1.33. The maximum atomic E-state index is 12.5. The van der Waals surface area contributed by atoms with Crippen molar-refractivity contribution in [2.75, 3.05) is 19.0 Å². The molecule has 3 amide bonds. The van der Waals surface area contributed by atoms with E-state index in [1.807, 2.05) is 6.07 Å². The molecule has 2 aromatic carbocycles. The summed E-state index contributed by atoms with van der Waals surface area (Å²) >= 11 is 0. The number of aromatic nitrogens is 3. The van der Waals surface area contributed by atoms with Crippen molar-refractivity contribution in [2.45, 2.75) is 38.3 Å². The molecule has 1 aliphatic carbocycles. The van der Waals surface area contributed by atoms with Gasteiger partial charge in [-0.1, -0.05) is 30.2 Å². The Morgan fingerprint density at radius 2 is 1.91 bits per heavy atom. The van der Waals surface area contributed by atoms with E-state index in [2.05, 4.69) is 26.3 Å². The van der Waals surface area contributed by atoms with Crippen LogP contribution in [-0.2, 0) is 11.3 Å². The van der Waals surface area contributed by atoms with E-state index in [-0.39, 0.29) is 24.1 Å². The first-order valence-corrected chi connectivity index (χ1v) is 10.9. The standard InChI is InChI=1S/C23H26N6O4/c1-33-22(31)17-8-4-5-9-18(17)26-23(32)24-12-13-29-20-11-10-15(14-19(20)27-28-29)21(30)25-16-6-2-3-7-16/h4-5,8-11,14,16H,2-3,6-7,12-13H2,1H3,(H,25,30)(H2,24,26,32). The van der Waals surface area contributed by atoms with E-state index < -0.39 is 12.0 Å². The molecular weight excluding hydrogens is 424 g/mol. The highest BCUT2D eigenvalue weighted by atomic mass is 16.5. The number of hydrogen-bond acceptors (Lipinski definition) is 6. The normalized spacial score (nSPS) is 13.6. The summed E-state index contributed by atoms with van der Waals surface area (Å²) in [5.41, 5.74) is 2.57. The van der Waals surface area contributed by atoms with Gasteiger partial charge in [0.1, 0.15) is 5.52 Å². The molecule has 0 aliphatic heterocycles. The van der Waals surface area contributed by atoms with Gasteiger partial charge >= 0.3 is 12.0 Å². The van der Waals surface area contributed by atoms with E-state index in [0.29, 0.717) is 23.3 Å². The predicted molar refractivity (Wildman–Crippen MR) is 122 cm³/mol. The minimum Gasteiger partial charge on any atom is -0.465 e. The fraction of sp³-hybridized carbons (Fsp3) is 0.348. The molecular formula is C23H26N6O4. The van der Waals surface area contributed by atoms with Gasteiger partial charge in [0.25, 0.3) is 5.91 Å². The third-order valence-electron chi connectivity index (χ3n) is 5.66. The number of urea groups is 1. The van der Waals surface area contributed by atoms with E-state index in [1.54, 1.807) is 41.1 Å². The van der Waals surface area contributed by atoms with Crippen molar-refractivity contribution in [3.05, 3.63) is 53.6 Å². The first-order valence-electron chi connectivity index (χ1n) is 10.9. The van der Waals surface area contributed by atoms with Gasteiger partial charge in [-0.15, -0.1) is 5.10 Å². The topological polar surface area (TPSA) is 127 Å². The maximum Gasteiger partial charge on any atom is 0.339 e. The van der Waals surface area contributed by atoms with Crippen molar-refractivity contribution >= 4 is 34.6 Å². The number of esters is 1. The molecule has 33 heavy (non-hydrogen) atoms. The summed E-state index contributed by atoms with van der Waals surface area (Å²) < 4.78 is 6.39. The van der Waals surface area contributed by atoms with Crippen LogP contribution in [0.2, 0.25) is 0 Å². The Labute approximate surface area is 190 Å². The van der Waals surface area contributed by atoms with Gasteiger partial charge < -0.3 is 20.7 Å². The highest BCUT2D eigenvalue weighted by Gasteiger charge is 2.19. The van der Waals surface area contributed by atoms with Crippen molar-refractivity contribution in [3.8, 4) is 0 Å². The lowest BCUT2D eigenvalue weighted by Crippen LogP contribution is -2.32. The number of carbonyl (C=O) groups excluding carboxylic acids is 3. The van der Waals surface area contributed by atoms with E-state index in [1.165, 1.54) is 7.11 Å². The molecule has 0 unspecified atom stereocenters. The van der Waals surface area contributed by atoms with Crippen molar-refractivity contribution < 1.29 is 19.1 Å². The summed E-state index contributed by atoms with van der Waals surface area (Å²) in [6.07, 6.45) is 4.36. The summed E-state index contributed by atoms with van der Waals surface area (Å²) in [6, 6.07) is 11.7. The Morgan fingerprint density at radius 3 is 2.70 bits per heavy atom. The fourth-order valence-electron chi connectivity index (χ4n) is 3.94. The smallest absolute Gasteiger partial charge is 0.339 e. The van der Waals surface area contributed by atoms with Crippen LogP contribution in [0.15, 0.2) is 42.5 Å². The molecule has 10 nitrogen and oxygen atoms in total. The molecule has 1 fully saturated rings. The molecule has 0 atom stereocenters. The highest BCUT2D eigenvalue weighted by molar-refractivity contribution is 6.00. The first kappa shape index (κ1) is 22.3. The van der Waals surface area contributed by atoms with Crippen molar-refractivity contribution in [2.24, 2.45) is 0 Å². The number of nitrogens with one attached hydrogen (secondary N) is 3. The SMILES string of the molecule is COC(=O)c1ccccc1NC(=O)NCCn1nnc2cc(C(=O)NC3CCCC3)ccc21. The van der Waals surface area contributed by atoms with Gasteiger partial charge in [-0.2, -0.15) is 0 Å². The summed E-state index contributed by atoms with van der Waals surface area (Å²) in [7, 11) is 1.28. The van der Waals surface area contributed by atoms with E-state index in [9.17, 15) is 14.4 Å². The molecule has 3 aromatic rings. The number of rotatable bonds is 7. The molecule has 4 rings (SSSR count). The molecule has 0 radical (unpaired) electrons. The number of amides is 3. The second kappa shape index (κ2) is 10.1. The predicted octanol–water partition coefficient (Wildman–Crippen LogP) is 2.71. The van der Waals surface area contributed by atoms with Gasteiger partial charge in [0.15, 0.2) is 0 Å². The van der Waals surface area contributed by atoms with Crippen molar-refractivity contribution in [1.29, 1.82) is 0 Å². The molecule has 0 bridgehead atoms. The van der Waals surface area contributed by atoms with Crippen LogP contribution in [-0.4, -0.2) is 52.6 Å². The van der Waals surface area contributed by atoms with Crippen LogP contribution in [0.25, 0.3) is 11.0 Å². The lowest BCUT2D eigenvalue weighted by molar-refractivity contribution is 0.0601. The number of ether oxygens (including phenoxy) is 1.